The van der Waals surface area contributed by atoms with Crippen LogP contribution in [0.4, 0.5) is 8.78 Å². The number of halogens is 3. The van der Waals surface area contributed by atoms with E-state index < -0.39 is 5.82 Å². The standard InChI is InChI=1S/C16H16ClF2N/c1-2-20-16(9-11-3-6-13(18)7-4-11)12-5-8-14(17)15(19)10-12/h3-8,10,16,20H,2,9H2,1H3. The van der Waals surface area contributed by atoms with E-state index >= 15 is 0 Å². The van der Waals surface area contributed by atoms with E-state index in [4.69, 9.17) is 11.6 Å². The van der Waals surface area contributed by atoms with Crippen LogP contribution < -0.4 is 5.32 Å². The largest absolute Gasteiger partial charge is 0.310 e. The van der Waals surface area contributed by atoms with Crippen LogP contribution >= 0.6 is 11.6 Å². The van der Waals surface area contributed by atoms with Crippen LogP contribution in [0, 0.1) is 11.6 Å². The highest BCUT2D eigenvalue weighted by atomic mass is 35.5. The zero-order chi connectivity index (χ0) is 14.5. The molecule has 0 aliphatic heterocycles. The van der Waals surface area contributed by atoms with Crippen molar-refractivity contribution in [1.82, 2.24) is 5.32 Å². The molecule has 1 unspecified atom stereocenters. The molecule has 0 aromatic heterocycles. The number of likely N-dealkylation sites (N-methyl/N-ethyl adjacent to an activating group) is 1. The van der Waals surface area contributed by atoms with Crippen LogP contribution in [0.15, 0.2) is 42.5 Å². The first-order valence-electron chi connectivity index (χ1n) is 6.53. The molecule has 1 N–H and O–H groups in total. The molecule has 2 rings (SSSR count). The van der Waals surface area contributed by atoms with Gasteiger partial charge in [0.1, 0.15) is 11.6 Å². The van der Waals surface area contributed by atoms with Gasteiger partial charge >= 0.3 is 0 Å². The summed E-state index contributed by atoms with van der Waals surface area (Å²) < 4.78 is 26.5. The van der Waals surface area contributed by atoms with Gasteiger partial charge in [-0.25, -0.2) is 8.78 Å². The van der Waals surface area contributed by atoms with Crippen LogP contribution in [0.5, 0.6) is 0 Å². The predicted molar refractivity (Wildman–Crippen MR) is 77.9 cm³/mol. The molecular formula is C16H16ClF2N. The predicted octanol–water partition coefficient (Wildman–Crippen LogP) is 4.51. The van der Waals surface area contributed by atoms with Crippen molar-refractivity contribution in [2.24, 2.45) is 0 Å². The molecule has 4 heteroatoms. The lowest BCUT2D eigenvalue weighted by molar-refractivity contribution is 0.542. The lowest BCUT2D eigenvalue weighted by atomic mass is 9.98. The van der Waals surface area contributed by atoms with Crippen molar-refractivity contribution >= 4 is 11.6 Å². The Labute approximate surface area is 122 Å². The Morgan fingerprint density at radius 3 is 2.40 bits per heavy atom. The monoisotopic (exact) mass is 295 g/mol. The van der Waals surface area contributed by atoms with Crippen molar-refractivity contribution in [2.45, 2.75) is 19.4 Å². The summed E-state index contributed by atoms with van der Waals surface area (Å²) >= 11 is 5.70. The number of nitrogens with one attached hydrogen (secondary N) is 1. The molecule has 0 aliphatic rings. The highest BCUT2D eigenvalue weighted by molar-refractivity contribution is 6.30. The summed E-state index contributed by atoms with van der Waals surface area (Å²) in [7, 11) is 0. The molecule has 106 valence electrons. The highest BCUT2D eigenvalue weighted by Crippen LogP contribution is 2.23. The van der Waals surface area contributed by atoms with Gasteiger partial charge in [-0.3, -0.25) is 0 Å². The van der Waals surface area contributed by atoms with E-state index in [1.807, 2.05) is 13.0 Å². The lowest BCUT2D eigenvalue weighted by Gasteiger charge is -2.19. The third-order valence-electron chi connectivity index (χ3n) is 3.15. The molecule has 0 saturated heterocycles. The molecule has 0 amide bonds. The Bertz CT molecular complexity index is 569. The van der Waals surface area contributed by atoms with Gasteiger partial charge in [0.2, 0.25) is 0 Å². The van der Waals surface area contributed by atoms with Gasteiger partial charge in [0.05, 0.1) is 5.02 Å². The SMILES string of the molecule is CCNC(Cc1ccc(F)cc1)c1ccc(Cl)c(F)c1. The summed E-state index contributed by atoms with van der Waals surface area (Å²) in [4.78, 5) is 0. The van der Waals surface area contributed by atoms with E-state index in [1.165, 1.54) is 18.2 Å². The Hall–Kier alpha value is -1.45. The third-order valence-corrected chi connectivity index (χ3v) is 3.46. The molecule has 0 aliphatic carbocycles. The summed E-state index contributed by atoms with van der Waals surface area (Å²) in [6.07, 6.45) is 0.662. The average molecular weight is 296 g/mol. The average Bonchev–Trinajstić information content (AvgIpc) is 2.44. The number of hydrogen-bond donors (Lipinski definition) is 1. The van der Waals surface area contributed by atoms with Gasteiger partial charge in [0.15, 0.2) is 0 Å². The summed E-state index contributed by atoms with van der Waals surface area (Å²) in [6, 6.07) is 11.1. The van der Waals surface area contributed by atoms with Crippen LogP contribution in [0.25, 0.3) is 0 Å². The maximum atomic E-state index is 13.6. The van der Waals surface area contributed by atoms with Crippen LogP contribution in [-0.2, 0) is 6.42 Å². The van der Waals surface area contributed by atoms with Crippen molar-refractivity contribution in [3.05, 3.63) is 70.2 Å². The van der Waals surface area contributed by atoms with Gasteiger partial charge in [-0.2, -0.15) is 0 Å². The van der Waals surface area contributed by atoms with Crippen molar-refractivity contribution < 1.29 is 8.78 Å². The van der Waals surface area contributed by atoms with E-state index in [1.54, 1.807) is 18.2 Å². The second-order valence-electron chi connectivity index (χ2n) is 4.61. The minimum Gasteiger partial charge on any atom is -0.310 e. The minimum absolute atomic E-state index is 0.0303. The van der Waals surface area contributed by atoms with Crippen molar-refractivity contribution in [2.75, 3.05) is 6.54 Å². The first kappa shape index (κ1) is 14.9. The molecule has 2 aromatic rings. The zero-order valence-electron chi connectivity index (χ0n) is 11.2. The maximum absolute atomic E-state index is 13.6. The highest BCUT2D eigenvalue weighted by Gasteiger charge is 2.13. The third kappa shape index (κ3) is 3.78. The fourth-order valence-electron chi connectivity index (χ4n) is 2.14. The summed E-state index contributed by atoms with van der Waals surface area (Å²) in [5.74, 6) is -0.683. The Kier molecular flexibility index (Phi) is 5.10. The molecule has 0 fully saturated rings. The van der Waals surface area contributed by atoms with Crippen molar-refractivity contribution in [1.29, 1.82) is 0 Å². The molecule has 1 atom stereocenters. The second kappa shape index (κ2) is 6.82. The van der Waals surface area contributed by atoms with Gasteiger partial charge in [-0.15, -0.1) is 0 Å². The quantitative estimate of drug-likeness (QED) is 0.855. The molecule has 0 heterocycles. The molecule has 0 radical (unpaired) electrons. The summed E-state index contributed by atoms with van der Waals surface area (Å²) in [5.41, 5.74) is 1.82. The van der Waals surface area contributed by atoms with Crippen LogP contribution in [0.1, 0.15) is 24.1 Å². The second-order valence-corrected chi connectivity index (χ2v) is 5.02. The van der Waals surface area contributed by atoms with Crippen LogP contribution in [0.3, 0.4) is 0 Å². The minimum atomic E-state index is -0.425. The normalized spacial score (nSPS) is 12.4. The summed E-state index contributed by atoms with van der Waals surface area (Å²) in [6.45, 7) is 2.75. The van der Waals surface area contributed by atoms with Gasteiger partial charge in [0.25, 0.3) is 0 Å². The summed E-state index contributed by atoms with van der Waals surface area (Å²) in [5, 5.41) is 3.42. The molecule has 0 spiro atoms. The Morgan fingerprint density at radius 1 is 1.10 bits per heavy atom. The first-order chi connectivity index (χ1) is 9.60. The molecular weight excluding hydrogens is 280 g/mol. The van der Waals surface area contributed by atoms with E-state index in [9.17, 15) is 8.78 Å². The van der Waals surface area contributed by atoms with Crippen molar-refractivity contribution in [3.63, 3.8) is 0 Å². The van der Waals surface area contributed by atoms with E-state index in [-0.39, 0.29) is 16.9 Å². The molecule has 0 saturated carbocycles. The Morgan fingerprint density at radius 2 is 1.80 bits per heavy atom. The van der Waals surface area contributed by atoms with Crippen LogP contribution in [0.2, 0.25) is 5.02 Å². The van der Waals surface area contributed by atoms with Crippen molar-refractivity contribution in [3.8, 4) is 0 Å². The molecule has 1 nitrogen and oxygen atoms in total. The van der Waals surface area contributed by atoms with E-state index in [0.717, 1.165) is 17.7 Å². The van der Waals surface area contributed by atoms with Crippen LogP contribution in [-0.4, -0.2) is 6.54 Å². The molecule has 20 heavy (non-hydrogen) atoms. The maximum Gasteiger partial charge on any atom is 0.142 e. The number of benzene rings is 2. The fraction of sp³-hybridized carbons (Fsp3) is 0.250. The van der Waals surface area contributed by atoms with Gasteiger partial charge in [-0.1, -0.05) is 36.7 Å². The smallest absolute Gasteiger partial charge is 0.142 e. The lowest BCUT2D eigenvalue weighted by Crippen LogP contribution is -2.23. The van der Waals surface area contributed by atoms with E-state index in [2.05, 4.69) is 5.32 Å². The Balaban J connectivity index is 2.21. The fourth-order valence-corrected chi connectivity index (χ4v) is 2.26. The van der Waals surface area contributed by atoms with Gasteiger partial charge < -0.3 is 5.32 Å². The number of hydrogen-bond acceptors (Lipinski definition) is 1. The van der Waals surface area contributed by atoms with Gasteiger partial charge in [-0.05, 0) is 48.4 Å². The van der Waals surface area contributed by atoms with Gasteiger partial charge in [0, 0.05) is 6.04 Å². The zero-order valence-corrected chi connectivity index (χ0v) is 11.9. The molecule has 2 aromatic carbocycles. The number of rotatable bonds is 5. The first-order valence-corrected chi connectivity index (χ1v) is 6.90. The topological polar surface area (TPSA) is 12.0 Å². The van der Waals surface area contributed by atoms with E-state index in [0.29, 0.717) is 6.42 Å². The molecule has 0 bridgehead atoms.